The molecule has 7 heteroatoms. The van der Waals surface area contributed by atoms with Gasteiger partial charge in [-0.05, 0) is 18.8 Å². The first-order valence-corrected chi connectivity index (χ1v) is 5.35. The SMILES string of the molecule is COCC(C1CC1)N(CC(=O)O)CC(F)(F)F. The minimum Gasteiger partial charge on any atom is -0.480 e. The van der Waals surface area contributed by atoms with E-state index in [1.807, 2.05) is 0 Å². The zero-order valence-electron chi connectivity index (χ0n) is 9.54. The summed E-state index contributed by atoms with van der Waals surface area (Å²) in [5.74, 6) is -1.13. The number of carboxylic acid groups (broad SMARTS) is 1. The second-order valence-electron chi connectivity index (χ2n) is 4.27. The van der Waals surface area contributed by atoms with Gasteiger partial charge < -0.3 is 9.84 Å². The van der Waals surface area contributed by atoms with Crippen LogP contribution in [0.1, 0.15) is 12.8 Å². The highest BCUT2D eigenvalue weighted by atomic mass is 19.4. The maximum atomic E-state index is 12.4. The van der Waals surface area contributed by atoms with Crippen LogP contribution >= 0.6 is 0 Å². The summed E-state index contributed by atoms with van der Waals surface area (Å²) in [5, 5.41) is 8.65. The lowest BCUT2D eigenvalue weighted by Crippen LogP contribution is -2.47. The Morgan fingerprint density at radius 2 is 2.12 bits per heavy atom. The molecule has 1 fully saturated rings. The van der Waals surface area contributed by atoms with Crippen molar-refractivity contribution in [3.05, 3.63) is 0 Å². The fourth-order valence-electron chi connectivity index (χ4n) is 1.89. The zero-order chi connectivity index (χ0) is 13.1. The molecule has 1 N–H and O–H groups in total. The van der Waals surface area contributed by atoms with Gasteiger partial charge in [0.25, 0.3) is 0 Å². The number of alkyl halides is 3. The van der Waals surface area contributed by atoms with Crippen LogP contribution in [0.3, 0.4) is 0 Å². The average Bonchev–Trinajstić information content (AvgIpc) is 2.93. The third-order valence-corrected chi connectivity index (χ3v) is 2.69. The quantitative estimate of drug-likeness (QED) is 0.746. The van der Waals surface area contributed by atoms with Crippen LogP contribution in [0.2, 0.25) is 0 Å². The Hall–Kier alpha value is -0.820. The van der Waals surface area contributed by atoms with Crippen molar-refractivity contribution >= 4 is 5.97 Å². The monoisotopic (exact) mass is 255 g/mol. The van der Waals surface area contributed by atoms with E-state index in [2.05, 4.69) is 0 Å². The number of rotatable bonds is 7. The third kappa shape index (κ3) is 5.36. The molecule has 1 rings (SSSR count). The van der Waals surface area contributed by atoms with Gasteiger partial charge in [-0.3, -0.25) is 9.69 Å². The van der Waals surface area contributed by atoms with Crippen LogP contribution in [0, 0.1) is 5.92 Å². The molecule has 0 aromatic carbocycles. The normalized spacial score (nSPS) is 18.4. The van der Waals surface area contributed by atoms with Crippen molar-refractivity contribution in [1.29, 1.82) is 0 Å². The molecule has 0 aromatic heterocycles. The largest absolute Gasteiger partial charge is 0.480 e. The Morgan fingerprint density at radius 3 is 2.47 bits per heavy atom. The molecule has 0 aromatic rings. The van der Waals surface area contributed by atoms with Crippen LogP contribution in [-0.4, -0.2) is 55.0 Å². The Balaban J connectivity index is 2.67. The molecule has 0 spiro atoms. The smallest absolute Gasteiger partial charge is 0.401 e. The van der Waals surface area contributed by atoms with Crippen molar-refractivity contribution in [2.45, 2.75) is 25.1 Å². The molecule has 1 saturated carbocycles. The lowest BCUT2D eigenvalue weighted by atomic mass is 10.1. The van der Waals surface area contributed by atoms with Gasteiger partial charge in [-0.2, -0.15) is 13.2 Å². The van der Waals surface area contributed by atoms with Crippen molar-refractivity contribution in [1.82, 2.24) is 4.90 Å². The molecule has 1 atom stereocenters. The highest BCUT2D eigenvalue weighted by Crippen LogP contribution is 2.36. The Kier molecular flexibility index (Phi) is 4.76. The van der Waals surface area contributed by atoms with Gasteiger partial charge in [0.05, 0.1) is 19.7 Å². The topological polar surface area (TPSA) is 49.8 Å². The molecule has 1 unspecified atom stereocenters. The molecule has 0 radical (unpaired) electrons. The number of carboxylic acids is 1. The molecule has 0 aliphatic heterocycles. The van der Waals surface area contributed by atoms with Crippen molar-refractivity contribution in [2.24, 2.45) is 5.92 Å². The maximum absolute atomic E-state index is 12.4. The first-order chi connectivity index (χ1) is 7.83. The first kappa shape index (κ1) is 14.2. The van der Waals surface area contributed by atoms with Crippen molar-refractivity contribution in [3.8, 4) is 0 Å². The van der Waals surface area contributed by atoms with Crippen LogP contribution in [0.25, 0.3) is 0 Å². The Bertz CT molecular complexity index is 266. The summed E-state index contributed by atoms with van der Waals surface area (Å²) in [6.45, 7) is -1.68. The molecule has 0 amide bonds. The minimum absolute atomic E-state index is 0.122. The van der Waals surface area contributed by atoms with E-state index < -0.39 is 31.3 Å². The van der Waals surface area contributed by atoms with E-state index in [1.165, 1.54) is 7.11 Å². The number of nitrogens with zero attached hydrogens (tertiary/aromatic N) is 1. The maximum Gasteiger partial charge on any atom is 0.401 e. The van der Waals surface area contributed by atoms with E-state index in [1.54, 1.807) is 0 Å². The van der Waals surface area contributed by atoms with Gasteiger partial charge in [0.15, 0.2) is 0 Å². The molecule has 4 nitrogen and oxygen atoms in total. The summed E-state index contributed by atoms with van der Waals surface area (Å²) in [7, 11) is 1.40. The molecule has 100 valence electrons. The standard InChI is InChI=1S/C10H16F3NO3/c1-17-5-8(7-2-3-7)14(4-9(15)16)6-10(11,12)13/h7-8H,2-6H2,1H3,(H,15,16). The predicted molar refractivity (Wildman–Crippen MR) is 53.7 cm³/mol. The lowest BCUT2D eigenvalue weighted by Gasteiger charge is -2.30. The molecule has 0 saturated heterocycles. The molecular weight excluding hydrogens is 239 g/mol. The molecular formula is C10H16F3NO3. The van der Waals surface area contributed by atoms with Crippen LogP contribution in [0.4, 0.5) is 13.2 Å². The zero-order valence-corrected chi connectivity index (χ0v) is 9.54. The predicted octanol–water partition coefficient (Wildman–Crippen LogP) is 1.36. The fourth-order valence-corrected chi connectivity index (χ4v) is 1.89. The number of hydrogen-bond donors (Lipinski definition) is 1. The van der Waals surface area contributed by atoms with Crippen molar-refractivity contribution < 1.29 is 27.8 Å². The van der Waals surface area contributed by atoms with Gasteiger partial charge in [-0.15, -0.1) is 0 Å². The van der Waals surface area contributed by atoms with Gasteiger partial charge >= 0.3 is 12.1 Å². The number of hydrogen-bond acceptors (Lipinski definition) is 3. The number of ether oxygens (including phenoxy) is 1. The highest BCUT2D eigenvalue weighted by Gasteiger charge is 2.41. The van der Waals surface area contributed by atoms with E-state index in [0.29, 0.717) is 0 Å². The average molecular weight is 255 g/mol. The first-order valence-electron chi connectivity index (χ1n) is 5.35. The summed E-state index contributed by atoms with van der Waals surface area (Å²) < 4.78 is 42.0. The summed E-state index contributed by atoms with van der Waals surface area (Å²) in [6, 6.07) is -0.460. The molecule has 0 bridgehead atoms. The van der Waals surface area contributed by atoms with Crippen LogP contribution in [0.5, 0.6) is 0 Å². The highest BCUT2D eigenvalue weighted by molar-refractivity contribution is 5.69. The molecule has 0 heterocycles. The third-order valence-electron chi connectivity index (χ3n) is 2.69. The van der Waals surface area contributed by atoms with Crippen LogP contribution in [-0.2, 0) is 9.53 Å². The Morgan fingerprint density at radius 1 is 1.53 bits per heavy atom. The van der Waals surface area contributed by atoms with E-state index in [0.717, 1.165) is 17.7 Å². The number of carbonyl (C=O) groups is 1. The fraction of sp³-hybridized carbons (Fsp3) is 0.900. The number of aliphatic carboxylic acids is 1. The molecule has 1 aliphatic carbocycles. The van der Waals surface area contributed by atoms with Gasteiger partial charge in [-0.1, -0.05) is 0 Å². The van der Waals surface area contributed by atoms with Gasteiger partial charge in [0.1, 0.15) is 0 Å². The van der Waals surface area contributed by atoms with E-state index in [9.17, 15) is 18.0 Å². The van der Waals surface area contributed by atoms with Gasteiger partial charge in [0, 0.05) is 13.2 Å². The molecule has 17 heavy (non-hydrogen) atoms. The Labute approximate surface area is 97.3 Å². The number of methoxy groups -OCH3 is 1. The van der Waals surface area contributed by atoms with Crippen molar-refractivity contribution in [3.63, 3.8) is 0 Å². The van der Waals surface area contributed by atoms with Gasteiger partial charge in [0.2, 0.25) is 0 Å². The summed E-state index contributed by atoms with van der Waals surface area (Å²) >= 11 is 0. The van der Waals surface area contributed by atoms with E-state index in [4.69, 9.17) is 9.84 Å². The van der Waals surface area contributed by atoms with Crippen LogP contribution in [0.15, 0.2) is 0 Å². The second kappa shape index (κ2) is 5.68. The molecule has 1 aliphatic rings. The summed E-state index contributed by atoms with van der Waals surface area (Å²) in [5.41, 5.74) is 0. The second-order valence-corrected chi connectivity index (χ2v) is 4.27. The van der Waals surface area contributed by atoms with E-state index in [-0.39, 0.29) is 12.5 Å². The van der Waals surface area contributed by atoms with Gasteiger partial charge in [-0.25, -0.2) is 0 Å². The van der Waals surface area contributed by atoms with Crippen LogP contribution < -0.4 is 0 Å². The summed E-state index contributed by atoms with van der Waals surface area (Å²) in [6.07, 6.45) is -2.72. The van der Waals surface area contributed by atoms with Crippen molar-refractivity contribution in [2.75, 3.05) is 26.8 Å². The lowest BCUT2D eigenvalue weighted by molar-refractivity contribution is -0.161. The van der Waals surface area contributed by atoms with E-state index >= 15 is 0 Å². The number of halogens is 3. The minimum atomic E-state index is -4.39. The summed E-state index contributed by atoms with van der Waals surface area (Å²) in [4.78, 5) is 11.5.